The van der Waals surface area contributed by atoms with Crippen LogP contribution in [0.15, 0.2) is 16.6 Å². The first-order chi connectivity index (χ1) is 6.91. The number of nitrogens with one attached hydrogen (secondary N) is 1. The van der Waals surface area contributed by atoms with Crippen LogP contribution in [0.4, 0.5) is 15.8 Å². The summed E-state index contributed by atoms with van der Waals surface area (Å²) in [4.78, 5) is 9.60. The third-order valence-electron chi connectivity index (χ3n) is 1.49. The predicted molar refractivity (Wildman–Crippen MR) is 61.2 cm³/mol. The molecule has 5 nitrogen and oxygen atoms in total. The van der Waals surface area contributed by atoms with E-state index in [4.69, 9.17) is 5.73 Å². The molecule has 3 N–H and O–H groups in total. The van der Waals surface area contributed by atoms with Crippen molar-refractivity contribution in [1.29, 1.82) is 0 Å². The Hall–Kier alpha value is -1.28. The first-order valence-electron chi connectivity index (χ1n) is 3.61. The number of nitro benzene ring substituents is 1. The zero-order chi connectivity index (χ0) is 11.6. The van der Waals surface area contributed by atoms with Crippen molar-refractivity contribution < 1.29 is 9.31 Å². The normalized spacial score (nSPS) is 9.73. The Morgan fingerprint density at radius 3 is 2.73 bits per heavy atom. The molecule has 0 spiro atoms. The molecule has 1 aromatic carbocycles. The van der Waals surface area contributed by atoms with E-state index in [0.29, 0.717) is 4.47 Å². The summed E-state index contributed by atoms with van der Waals surface area (Å²) in [6, 6.07) is 1.98. The lowest BCUT2D eigenvalue weighted by Crippen LogP contribution is -2.19. The van der Waals surface area contributed by atoms with Crippen molar-refractivity contribution in [3.8, 4) is 0 Å². The van der Waals surface area contributed by atoms with Crippen LogP contribution < -0.4 is 11.1 Å². The predicted octanol–water partition coefficient (Wildman–Crippen LogP) is 2.15. The van der Waals surface area contributed by atoms with Crippen molar-refractivity contribution >= 4 is 44.6 Å². The molecular formula is C7H5BrFN3O2S. The van der Waals surface area contributed by atoms with E-state index in [0.717, 1.165) is 12.1 Å². The third-order valence-corrected chi connectivity index (χ3v) is 2.25. The van der Waals surface area contributed by atoms with Gasteiger partial charge in [0, 0.05) is 10.5 Å². The van der Waals surface area contributed by atoms with Crippen LogP contribution in [0.3, 0.4) is 0 Å². The van der Waals surface area contributed by atoms with E-state index < -0.39 is 16.4 Å². The zero-order valence-corrected chi connectivity index (χ0v) is 9.56. The van der Waals surface area contributed by atoms with Crippen molar-refractivity contribution in [1.82, 2.24) is 0 Å². The number of nitrogens with zero attached hydrogens (tertiary/aromatic N) is 1. The van der Waals surface area contributed by atoms with E-state index in [-0.39, 0.29) is 10.8 Å². The van der Waals surface area contributed by atoms with Crippen molar-refractivity contribution in [2.75, 3.05) is 5.32 Å². The molecule has 80 valence electrons. The highest BCUT2D eigenvalue weighted by molar-refractivity contribution is 9.10. The Labute approximate surface area is 97.7 Å². The Bertz CT molecular complexity index is 440. The van der Waals surface area contributed by atoms with Crippen LogP contribution in [0.5, 0.6) is 0 Å². The topological polar surface area (TPSA) is 81.2 Å². The second-order valence-corrected chi connectivity index (χ2v) is 3.82. The fourth-order valence-corrected chi connectivity index (χ4v) is 1.43. The maximum Gasteiger partial charge on any atom is 0.306 e. The molecule has 0 aliphatic rings. The fourth-order valence-electron chi connectivity index (χ4n) is 0.906. The molecule has 0 aliphatic heterocycles. The summed E-state index contributed by atoms with van der Waals surface area (Å²) in [5.41, 5.74) is 4.80. The molecule has 0 saturated heterocycles. The van der Waals surface area contributed by atoms with Crippen LogP contribution in [0.25, 0.3) is 0 Å². The number of nitro groups is 1. The number of hydrogen-bond donors (Lipinski definition) is 2. The highest BCUT2D eigenvalue weighted by Crippen LogP contribution is 2.29. The molecule has 0 heterocycles. The molecule has 15 heavy (non-hydrogen) atoms. The summed E-state index contributed by atoms with van der Waals surface area (Å²) >= 11 is 7.58. The fraction of sp³-hybridized carbons (Fsp3) is 0. The van der Waals surface area contributed by atoms with Gasteiger partial charge in [-0.2, -0.15) is 4.39 Å². The van der Waals surface area contributed by atoms with E-state index in [9.17, 15) is 14.5 Å². The van der Waals surface area contributed by atoms with Crippen LogP contribution >= 0.6 is 28.1 Å². The van der Waals surface area contributed by atoms with Gasteiger partial charge in [0.2, 0.25) is 5.82 Å². The monoisotopic (exact) mass is 293 g/mol. The van der Waals surface area contributed by atoms with Crippen molar-refractivity contribution in [3.63, 3.8) is 0 Å². The molecular weight excluding hydrogens is 289 g/mol. The molecule has 0 radical (unpaired) electrons. The summed E-state index contributed by atoms with van der Waals surface area (Å²) in [6.45, 7) is 0. The molecule has 0 atom stereocenters. The Morgan fingerprint density at radius 1 is 1.67 bits per heavy atom. The minimum atomic E-state index is -0.930. The number of halogens is 2. The van der Waals surface area contributed by atoms with Crippen LogP contribution in [-0.2, 0) is 0 Å². The lowest BCUT2D eigenvalue weighted by Gasteiger charge is -2.06. The lowest BCUT2D eigenvalue weighted by molar-refractivity contribution is -0.387. The average molecular weight is 294 g/mol. The Morgan fingerprint density at radius 2 is 2.27 bits per heavy atom. The summed E-state index contributed by atoms with van der Waals surface area (Å²) in [7, 11) is 0. The number of benzene rings is 1. The Balaban J connectivity index is 3.23. The first kappa shape index (κ1) is 11.8. The SMILES string of the molecule is NC(=S)Nc1cc([N+](=O)[O-])c(F)cc1Br. The van der Waals surface area contributed by atoms with Gasteiger partial charge in [0.25, 0.3) is 0 Å². The molecule has 8 heteroatoms. The molecule has 0 unspecified atom stereocenters. The van der Waals surface area contributed by atoms with Gasteiger partial charge in [0.05, 0.1) is 10.6 Å². The van der Waals surface area contributed by atoms with E-state index in [2.05, 4.69) is 33.5 Å². The van der Waals surface area contributed by atoms with E-state index in [1.165, 1.54) is 0 Å². The molecule has 1 rings (SSSR count). The van der Waals surface area contributed by atoms with Crippen molar-refractivity contribution in [3.05, 3.63) is 32.5 Å². The highest BCUT2D eigenvalue weighted by Gasteiger charge is 2.17. The van der Waals surface area contributed by atoms with Crippen molar-refractivity contribution in [2.45, 2.75) is 0 Å². The summed E-state index contributed by atoms with van der Waals surface area (Å²) in [6.07, 6.45) is 0. The van der Waals surface area contributed by atoms with Gasteiger partial charge >= 0.3 is 5.69 Å². The molecule has 0 saturated carbocycles. The van der Waals surface area contributed by atoms with Gasteiger partial charge < -0.3 is 11.1 Å². The summed E-state index contributed by atoms with van der Waals surface area (Å²) in [5, 5.41) is 12.9. The van der Waals surface area contributed by atoms with E-state index in [1.54, 1.807) is 0 Å². The van der Waals surface area contributed by atoms with Gasteiger partial charge in [-0.05, 0) is 34.2 Å². The molecule has 0 bridgehead atoms. The number of thiocarbonyl (C=S) groups is 1. The molecule has 0 aromatic heterocycles. The largest absolute Gasteiger partial charge is 0.376 e. The minimum Gasteiger partial charge on any atom is -0.376 e. The van der Waals surface area contributed by atoms with Crippen molar-refractivity contribution in [2.24, 2.45) is 5.73 Å². The maximum atomic E-state index is 13.1. The van der Waals surface area contributed by atoms with Gasteiger partial charge in [0.1, 0.15) is 0 Å². The minimum absolute atomic E-state index is 0.0587. The van der Waals surface area contributed by atoms with E-state index in [1.807, 2.05) is 0 Å². The smallest absolute Gasteiger partial charge is 0.306 e. The second-order valence-electron chi connectivity index (χ2n) is 2.53. The Kier molecular flexibility index (Phi) is 3.53. The third kappa shape index (κ3) is 2.83. The average Bonchev–Trinajstić information content (AvgIpc) is 2.08. The molecule has 1 aromatic rings. The van der Waals surface area contributed by atoms with Crippen LogP contribution in [-0.4, -0.2) is 10.0 Å². The van der Waals surface area contributed by atoms with Gasteiger partial charge in [-0.25, -0.2) is 0 Å². The van der Waals surface area contributed by atoms with E-state index >= 15 is 0 Å². The quantitative estimate of drug-likeness (QED) is 0.496. The van der Waals surface area contributed by atoms with Crippen LogP contribution in [0.2, 0.25) is 0 Å². The number of nitrogens with two attached hydrogens (primary N) is 1. The second kappa shape index (κ2) is 4.49. The molecule has 0 amide bonds. The first-order valence-corrected chi connectivity index (χ1v) is 4.82. The van der Waals surface area contributed by atoms with Gasteiger partial charge in [0.15, 0.2) is 5.11 Å². The number of anilines is 1. The summed E-state index contributed by atoms with van der Waals surface area (Å²) < 4.78 is 13.4. The summed E-state index contributed by atoms with van der Waals surface area (Å²) in [5.74, 6) is -0.930. The van der Waals surface area contributed by atoms with Crippen LogP contribution in [0.1, 0.15) is 0 Å². The number of hydrogen-bond acceptors (Lipinski definition) is 3. The van der Waals surface area contributed by atoms with Gasteiger partial charge in [-0.15, -0.1) is 0 Å². The van der Waals surface area contributed by atoms with Gasteiger partial charge in [-0.3, -0.25) is 10.1 Å². The lowest BCUT2D eigenvalue weighted by atomic mass is 10.2. The maximum absolute atomic E-state index is 13.1. The highest BCUT2D eigenvalue weighted by atomic mass is 79.9. The molecule has 0 aliphatic carbocycles. The number of rotatable bonds is 2. The zero-order valence-electron chi connectivity index (χ0n) is 7.16. The van der Waals surface area contributed by atoms with Crippen LogP contribution in [0, 0.1) is 15.9 Å². The van der Waals surface area contributed by atoms with Gasteiger partial charge in [-0.1, -0.05) is 0 Å². The molecule has 0 fully saturated rings. The standard InChI is InChI=1S/C7H5BrFN3O2S/c8-3-1-4(9)6(12(13)14)2-5(3)11-7(10)15/h1-2H,(H3,10,11,15).